The molecule has 250 valence electrons. The number of thiazole rings is 3. The van der Waals surface area contributed by atoms with E-state index in [0.717, 1.165) is 11.3 Å². The highest BCUT2D eigenvalue weighted by molar-refractivity contribution is 7.14. The van der Waals surface area contributed by atoms with Crippen LogP contribution < -0.4 is 44.2 Å². The number of primary amides is 1. The van der Waals surface area contributed by atoms with Crippen LogP contribution in [0.1, 0.15) is 112 Å². The number of aryl methyl sites for hydroxylation is 3. The van der Waals surface area contributed by atoms with Crippen LogP contribution in [0.25, 0.3) is 0 Å². The molecule has 0 aromatic carbocycles. The van der Waals surface area contributed by atoms with Crippen molar-refractivity contribution in [3.05, 3.63) is 46.7 Å². The lowest BCUT2D eigenvalue weighted by atomic mass is 10.1. The maximum absolute atomic E-state index is 13.6. The lowest BCUT2D eigenvalue weighted by Gasteiger charge is -2.16. The van der Waals surface area contributed by atoms with Gasteiger partial charge < -0.3 is 44.2 Å². The third-order valence-electron chi connectivity index (χ3n) is 6.61. The molecule has 0 aliphatic carbocycles. The summed E-state index contributed by atoms with van der Waals surface area (Å²) >= 11 is 3.59. The molecule has 0 spiro atoms. The summed E-state index contributed by atoms with van der Waals surface area (Å²) in [5.41, 5.74) is 23.9. The zero-order valence-corrected chi connectivity index (χ0v) is 28.5. The highest BCUT2D eigenvalue weighted by atomic mass is 32.1. The van der Waals surface area contributed by atoms with Crippen molar-refractivity contribution in [2.45, 2.75) is 71.5 Å². The molecule has 19 heteroatoms. The smallest absolute Gasteiger partial charge is 0.263 e. The van der Waals surface area contributed by atoms with Crippen molar-refractivity contribution < 1.29 is 14.4 Å². The molecule has 0 fully saturated rings. The maximum atomic E-state index is 13.6. The van der Waals surface area contributed by atoms with Gasteiger partial charge in [-0.1, -0.05) is 0 Å². The molecule has 0 bridgehead atoms. The number of amides is 3. The van der Waals surface area contributed by atoms with E-state index in [9.17, 15) is 14.4 Å². The fourth-order valence-corrected chi connectivity index (χ4v) is 7.38. The number of nitrogens with two attached hydrogens (primary N) is 4. The fourth-order valence-electron chi connectivity index (χ4n) is 4.52. The minimum Gasteiger partial charge on any atom is -0.370 e. The number of aromatic nitrogens is 3. The summed E-state index contributed by atoms with van der Waals surface area (Å²) in [6.45, 7) is 7.92. The quantitative estimate of drug-likeness (QED) is 0.0582. The van der Waals surface area contributed by atoms with Crippen LogP contribution >= 0.6 is 34.0 Å². The minimum atomic E-state index is -0.669. The molecule has 3 atom stereocenters. The third kappa shape index (κ3) is 9.90. The Morgan fingerprint density at radius 1 is 0.739 bits per heavy atom. The molecule has 0 radical (unpaired) electrons. The van der Waals surface area contributed by atoms with Crippen LogP contribution in [0.15, 0.2) is 0 Å². The van der Waals surface area contributed by atoms with Gasteiger partial charge in [0.15, 0.2) is 11.9 Å². The van der Waals surface area contributed by atoms with Gasteiger partial charge in [0.05, 0.1) is 44.2 Å². The largest absolute Gasteiger partial charge is 0.370 e. The van der Waals surface area contributed by atoms with Crippen molar-refractivity contribution in [2.24, 2.45) is 22.9 Å². The normalized spacial score (nSPS) is 13.0. The maximum Gasteiger partial charge on any atom is 0.263 e. The van der Waals surface area contributed by atoms with Crippen LogP contribution in [0.5, 0.6) is 0 Å². The number of carbonyl (C=O) groups is 3. The first kappa shape index (κ1) is 36.3. The van der Waals surface area contributed by atoms with Gasteiger partial charge >= 0.3 is 0 Å². The van der Waals surface area contributed by atoms with E-state index in [-0.39, 0.29) is 16.8 Å². The fraction of sp³-hybridized carbons (Fsp3) is 0.481. The number of guanidine groups is 2. The number of nitrogens with zero attached hydrogens (tertiary/aromatic N) is 3. The number of nitrogens with one attached hydrogen (secondary N) is 6. The van der Waals surface area contributed by atoms with Gasteiger partial charge in [-0.05, 0) is 47.0 Å². The van der Waals surface area contributed by atoms with E-state index in [1.807, 2.05) is 0 Å². The van der Waals surface area contributed by atoms with Crippen molar-refractivity contribution in [1.82, 2.24) is 36.2 Å². The minimum absolute atomic E-state index is 0.124. The second-order valence-corrected chi connectivity index (χ2v) is 14.0. The summed E-state index contributed by atoms with van der Waals surface area (Å²) < 4.78 is 0. The number of hydrogen-bond acceptors (Lipinski definition) is 12. The highest BCUT2D eigenvalue weighted by Gasteiger charge is 2.29. The van der Waals surface area contributed by atoms with E-state index >= 15 is 0 Å². The number of carbonyl (C=O) groups excluding carboxylic acids is 3. The van der Waals surface area contributed by atoms with Crippen LogP contribution in [0.4, 0.5) is 0 Å². The third-order valence-corrected chi connectivity index (χ3v) is 9.73. The molecule has 16 nitrogen and oxygen atoms in total. The molecule has 0 aliphatic rings. The molecular weight excluding hydrogens is 651 g/mol. The molecule has 0 unspecified atom stereocenters. The number of rotatable bonds is 16. The Labute approximate surface area is 278 Å². The van der Waals surface area contributed by atoms with Crippen LogP contribution in [-0.4, -0.2) is 57.7 Å². The molecule has 3 rings (SSSR count). The van der Waals surface area contributed by atoms with Crippen molar-refractivity contribution in [3.8, 4) is 0 Å². The summed E-state index contributed by atoms with van der Waals surface area (Å²) in [6.07, 6.45) is 2.25. The van der Waals surface area contributed by atoms with Gasteiger partial charge in [0, 0.05) is 25.6 Å². The first-order chi connectivity index (χ1) is 21.7. The Kier molecular flexibility index (Phi) is 12.9. The molecular formula is C27H41N13O3S3. The Bertz CT molecular complexity index is 1580. The lowest BCUT2D eigenvalue weighted by Crippen LogP contribution is -2.32. The second kappa shape index (κ2) is 16.4. The van der Waals surface area contributed by atoms with Gasteiger partial charge in [-0.2, -0.15) is 0 Å². The molecule has 3 heterocycles. The van der Waals surface area contributed by atoms with Gasteiger partial charge in [0.25, 0.3) is 17.7 Å². The molecule has 3 aromatic rings. The molecule has 46 heavy (non-hydrogen) atoms. The first-order valence-electron chi connectivity index (χ1n) is 14.4. The molecule has 14 N–H and O–H groups in total. The predicted molar refractivity (Wildman–Crippen MR) is 180 cm³/mol. The van der Waals surface area contributed by atoms with E-state index in [0.29, 0.717) is 80.6 Å². The van der Waals surface area contributed by atoms with Crippen molar-refractivity contribution >= 4 is 63.7 Å². The van der Waals surface area contributed by atoms with Gasteiger partial charge in [-0.3, -0.25) is 25.2 Å². The Morgan fingerprint density at radius 3 is 1.76 bits per heavy atom. The average molecular weight is 692 g/mol. The Morgan fingerprint density at radius 2 is 1.22 bits per heavy atom. The molecule has 0 saturated carbocycles. The number of hydrogen-bond donors (Lipinski definition) is 10. The Balaban J connectivity index is 1.82. The lowest BCUT2D eigenvalue weighted by molar-refractivity contribution is 0.0922. The van der Waals surface area contributed by atoms with Crippen LogP contribution in [0.3, 0.4) is 0 Å². The van der Waals surface area contributed by atoms with Crippen molar-refractivity contribution in [3.63, 3.8) is 0 Å². The zero-order valence-electron chi connectivity index (χ0n) is 26.1. The monoisotopic (exact) mass is 691 g/mol. The van der Waals surface area contributed by atoms with Crippen LogP contribution in [0, 0.1) is 24.7 Å². The van der Waals surface area contributed by atoms with E-state index in [1.54, 1.807) is 27.7 Å². The van der Waals surface area contributed by atoms with E-state index in [1.165, 1.54) is 22.7 Å². The van der Waals surface area contributed by atoms with Gasteiger partial charge in [-0.25, -0.2) is 15.0 Å². The topological polar surface area (TPSA) is 290 Å². The Hall–Kier alpha value is -4.20. The standard InChI is InChI=1S/C27H41N13O3S3/c1-11(17-20(23(29)41)44-13(3)38-17)36-24(42)21-18(40-16(46-21)8-6-10-35-27(32)33)12(2)37-25(43)22-19(39-14(4)45-22)15(28)7-5-9-34-26(30)31/h11-12,15H,5-10,28H2,1-4H3,(H2,29,41)(H,36,42)(H,37,43)(H4,30,31,34)(H4,32,33,35)/t11-,12-,15-/m0/s1. The second-order valence-electron chi connectivity index (χ2n) is 10.5. The molecule has 3 amide bonds. The summed E-state index contributed by atoms with van der Waals surface area (Å²) in [7, 11) is 0. The summed E-state index contributed by atoms with van der Waals surface area (Å²) in [4.78, 5) is 53.7. The van der Waals surface area contributed by atoms with Crippen molar-refractivity contribution in [2.75, 3.05) is 13.1 Å². The summed E-state index contributed by atoms with van der Waals surface area (Å²) in [6, 6.07) is -1.80. The van der Waals surface area contributed by atoms with Crippen LogP contribution in [-0.2, 0) is 6.42 Å². The van der Waals surface area contributed by atoms with Gasteiger partial charge in [0.1, 0.15) is 14.6 Å². The van der Waals surface area contributed by atoms with E-state index < -0.39 is 35.8 Å². The van der Waals surface area contributed by atoms with Crippen molar-refractivity contribution in [1.29, 1.82) is 10.8 Å². The summed E-state index contributed by atoms with van der Waals surface area (Å²) in [5, 5.41) is 28.0. The zero-order chi connectivity index (χ0) is 34.1. The molecule has 0 aliphatic heterocycles. The van der Waals surface area contributed by atoms with E-state index in [2.05, 4.69) is 31.2 Å². The molecule has 3 aromatic heterocycles. The van der Waals surface area contributed by atoms with Gasteiger partial charge in [-0.15, -0.1) is 34.0 Å². The highest BCUT2D eigenvalue weighted by Crippen LogP contribution is 2.30. The molecule has 0 saturated heterocycles. The van der Waals surface area contributed by atoms with E-state index in [4.69, 9.17) is 38.7 Å². The predicted octanol–water partition coefficient (Wildman–Crippen LogP) is 1.43. The first-order valence-corrected chi connectivity index (χ1v) is 16.9. The van der Waals surface area contributed by atoms with Gasteiger partial charge in [0.2, 0.25) is 0 Å². The average Bonchev–Trinajstić information content (AvgIpc) is 3.69. The summed E-state index contributed by atoms with van der Waals surface area (Å²) in [5.74, 6) is -1.72. The van der Waals surface area contributed by atoms with Crippen LogP contribution in [0.2, 0.25) is 0 Å². The SMILES string of the molecule is Cc1nc([C@H](C)NC(=O)c2sc(CCCNC(=N)N)nc2[C@H](C)NC(=O)c2sc(C)nc2[C@@H](N)CCCNC(=N)N)c(C(N)=O)s1.